The highest BCUT2D eigenvalue weighted by Gasteiger charge is 2.36. The molecule has 0 saturated carbocycles. The third-order valence-corrected chi connectivity index (χ3v) is 5.81. The fourth-order valence-corrected chi connectivity index (χ4v) is 4.04. The summed E-state index contributed by atoms with van der Waals surface area (Å²) in [6.45, 7) is 4.82. The van der Waals surface area contributed by atoms with E-state index in [1.807, 2.05) is 16.9 Å². The summed E-state index contributed by atoms with van der Waals surface area (Å²) in [6, 6.07) is 10.2. The number of H-pyrrole nitrogens is 1. The molecule has 3 aromatic heterocycles. The van der Waals surface area contributed by atoms with Gasteiger partial charge in [0.25, 0.3) is 0 Å². The Hall–Kier alpha value is -3.50. The smallest absolute Gasteiger partial charge is 0.231 e. The predicted octanol–water partition coefficient (Wildman–Crippen LogP) is 3.77. The molecule has 10 nitrogen and oxygen atoms in total. The highest BCUT2D eigenvalue weighted by Crippen LogP contribution is 2.30. The highest BCUT2D eigenvalue weighted by atomic mass is 16.7. The molecule has 0 bridgehead atoms. The van der Waals surface area contributed by atoms with E-state index in [1.54, 1.807) is 20.4 Å². The first kappa shape index (κ1) is 23.7. The van der Waals surface area contributed by atoms with Crippen LogP contribution in [0.1, 0.15) is 50.3 Å². The summed E-state index contributed by atoms with van der Waals surface area (Å²) in [5.74, 6) is 1.09. The van der Waals surface area contributed by atoms with Crippen molar-refractivity contribution in [2.75, 3.05) is 14.2 Å². The second kappa shape index (κ2) is 10.6. The van der Waals surface area contributed by atoms with Crippen molar-refractivity contribution in [3.8, 4) is 22.5 Å². The molecule has 1 aromatic carbocycles. The predicted molar refractivity (Wildman–Crippen MR) is 127 cm³/mol. The molecule has 4 rings (SSSR count). The molecule has 0 radical (unpaired) electrons. The number of nitrogens with one attached hydrogen (secondary N) is 1. The molecule has 0 spiro atoms. The maximum absolute atomic E-state index is 5.73. The fraction of sp³-hybridized carbons (Fsp3) is 0.417. The minimum absolute atomic E-state index is 0.535. The third kappa shape index (κ3) is 4.73. The van der Waals surface area contributed by atoms with Crippen molar-refractivity contribution in [1.82, 2.24) is 40.4 Å². The topological polar surface area (TPSA) is 117 Å². The van der Waals surface area contributed by atoms with Gasteiger partial charge >= 0.3 is 0 Å². The highest BCUT2D eigenvalue weighted by molar-refractivity contribution is 5.79. The average molecular weight is 463 g/mol. The molecule has 0 fully saturated rings. The maximum Gasteiger partial charge on any atom is 0.231 e. The van der Waals surface area contributed by atoms with E-state index in [4.69, 9.17) is 19.6 Å². The van der Waals surface area contributed by atoms with Crippen LogP contribution in [0.3, 0.4) is 0 Å². The number of aromatic amines is 1. The zero-order valence-electron chi connectivity index (χ0n) is 20.0. The number of aryl methyl sites for hydroxylation is 1. The lowest BCUT2D eigenvalue weighted by Crippen LogP contribution is -2.32. The van der Waals surface area contributed by atoms with E-state index in [2.05, 4.69) is 63.7 Å². The number of pyridine rings is 1. The number of aromatic nitrogens is 8. The molecule has 0 amide bonds. The van der Waals surface area contributed by atoms with Crippen LogP contribution in [0.15, 0.2) is 42.7 Å². The molecule has 0 saturated heterocycles. The zero-order chi connectivity index (χ0) is 24.0. The zero-order valence-corrected chi connectivity index (χ0v) is 20.0. The summed E-state index contributed by atoms with van der Waals surface area (Å²) >= 11 is 0. The largest absolute Gasteiger partial charge is 0.347 e. The number of nitrogens with zero attached hydrogens (tertiary/aromatic N) is 7. The van der Waals surface area contributed by atoms with Gasteiger partial charge in [0, 0.05) is 50.6 Å². The van der Waals surface area contributed by atoms with Gasteiger partial charge in [-0.15, -0.1) is 15.3 Å². The Bertz CT molecular complexity index is 1180. The normalized spacial score (nSPS) is 11.8. The van der Waals surface area contributed by atoms with Crippen molar-refractivity contribution in [3.05, 3.63) is 59.9 Å². The minimum Gasteiger partial charge on any atom is -0.347 e. The first-order valence-electron chi connectivity index (χ1n) is 11.5. The Morgan fingerprint density at radius 2 is 1.79 bits per heavy atom. The van der Waals surface area contributed by atoms with Gasteiger partial charge < -0.3 is 9.47 Å². The summed E-state index contributed by atoms with van der Waals surface area (Å²) in [6.07, 6.45) is 6.90. The van der Waals surface area contributed by atoms with E-state index < -0.39 is 5.79 Å². The first-order valence-corrected chi connectivity index (χ1v) is 11.5. The van der Waals surface area contributed by atoms with Crippen LogP contribution >= 0.6 is 0 Å². The summed E-state index contributed by atoms with van der Waals surface area (Å²) in [7, 11) is 3.28. The molecular formula is C24H30N8O2. The number of ether oxygens (including phenoxy) is 2. The number of hydrogen-bond acceptors (Lipinski definition) is 8. The maximum atomic E-state index is 5.73. The summed E-state index contributed by atoms with van der Waals surface area (Å²) in [5, 5.41) is 19.2. The molecule has 0 aliphatic carbocycles. The van der Waals surface area contributed by atoms with Crippen LogP contribution in [0.5, 0.6) is 0 Å². The van der Waals surface area contributed by atoms with Crippen LogP contribution in [0, 0.1) is 0 Å². The van der Waals surface area contributed by atoms with Gasteiger partial charge in [0.2, 0.25) is 17.4 Å². The minimum atomic E-state index is -0.932. The Balaban J connectivity index is 1.62. The second-order valence-electron chi connectivity index (χ2n) is 8.02. The van der Waals surface area contributed by atoms with Crippen molar-refractivity contribution in [1.29, 1.82) is 0 Å². The molecule has 3 heterocycles. The van der Waals surface area contributed by atoms with E-state index >= 15 is 0 Å². The monoisotopic (exact) mass is 462 g/mol. The number of tetrazole rings is 1. The lowest BCUT2D eigenvalue weighted by atomic mass is 10.0. The summed E-state index contributed by atoms with van der Waals surface area (Å²) in [5.41, 5.74) is 3.94. The Morgan fingerprint density at radius 3 is 2.44 bits per heavy atom. The lowest BCUT2D eigenvalue weighted by molar-refractivity contribution is -0.225. The van der Waals surface area contributed by atoms with Crippen LogP contribution in [0.2, 0.25) is 0 Å². The summed E-state index contributed by atoms with van der Waals surface area (Å²) < 4.78 is 13.4. The van der Waals surface area contributed by atoms with Gasteiger partial charge in [-0.2, -0.15) is 5.21 Å². The van der Waals surface area contributed by atoms with Gasteiger partial charge in [0.05, 0.1) is 6.54 Å². The van der Waals surface area contributed by atoms with Crippen LogP contribution in [-0.2, 0) is 28.2 Å². The summed E-state index contributed by atoms with van der Waals surface area (Å²) in [4.78, 5) is 9.08. The van der Waals surface area contributed by atoms with Crippen molar-refractivity contribution in [3.63, 3.8) is 0 Å². The van der Waals surface area contributed by atoms with Gasteiger partial charge in [0.15, 0.2) is 0 Å². The Morgan fingerprint density at radius 1 is 1.00 bits per heavy atom. The van der Waals surface area contributed by atoms with Crippen LogP contribution in [0.25, 0.3) is 22.5 Å². The molecule has 0 aliphatic heterocycles. The van der Waals surface area contributed by atoms with Gasteiger partial charge in [-0.1, -0.05) is 44.5 Å². The van der Waals surface area contributed by atoms with Crippen molar-refractivity contribution < 1.29 is 9.47 Å². The number of hydrogen-bond donors (Lipinski definition) is 1. The van der Waals surface area contributed by atoms with E-state index in [0.717, 1.165) is 47.3 Å². The van der Waals surface area contributed by atoms with Gasteiger partial charge in [-0.3, -0.25) is 4.98 Å². The van der Waals surface area contributed by atoms with Crippen molar-refractivity contribution in [2.24, 2.45) is 0 Å². The number of benzene rings is 1. The lowest BCUT2D eigenvalue weighted by Gasteiger charge is -2.27. The van der Waals surface area contributed by atoms with E-state index in [9.17, 15) is 0 Å². The van der Waals surface area contributed by atoms with Gasteiger partial charge in [0.1, 0.15) is 5.82 Å². The average Bonchev–Trinajstić information content (AvgIpc) is 3.55. The van der Waals surface area contributed by atoms with Crippen LogP contribution < -0.4 is 0 Å². The molecule has 4 aromatic rings. The molecule has 0 unspecified atom stereocenters. The SMILES string of the molecule is CCCc1nc(C(CCC)(OC)OC)nn1Cc1ccc(-c2cnccc2-c2nn[nH]n2)cc1. The van der Waals surface area contributed by atoms with Crippen molar-refractivity contribution in [2.45, 2.75) is 51.9 Å². The molecule has 1 N–H and O–H groups in total. The van der Waals surface area contributed by atoms with Crippen LogP contribution in [0.4, 0.5) is 0 Å². The van der Waals surface area contributed by atoms with E-state index in [0.29, 0.717) is 24.6 Å². The molecular weight excluding hydrogens is 432 g/mol. The Labute approximate surface area is 198 Å². The van der Waals surface area contributed by atoms with E-state index in [-0.39, 0.29) is 0 Å². The standard InChI is InChI=1S/C24H30N8O2/c1-5-7-21-26-23(24(33-3,34-4)13-6-2)29-32(21)16-17-8-10-18(11-9-17)20-15-25-14-12-19(20)22-27-30-31-28-22/h8-12,14-15H,5-7,13,16H2,1-4H3,(H,27,28,30,31). The molecule has 178 valence electrons. The van der Waals surface area contributed by atoms with Crippen LogP contribution in [-0.4, -0.2) is 54.6 Å². The second-order valence-corrected chi connectivity index (χ2v) is 8.02. The fourth-order valence-electron chi connectivity index (χ4n) is 4.04. The molecule has 10 heteroatoms. The molecule has 34 heavy (non-hydrogen) atoms. The third-order valence-electron chi connectivity index (χ3n) is 5.81. The quantitative estimate of drug-likeness (QED) is 0.335. The molecule has 0 atom stereocenters. The number of methoxy groups -OCH3 is 2. The molecule has 0 aliphatic rings. The first-order chi connectivity index (χ1) is 16.6. The van der Waals surface area contributed by atoms with Gasteiger partial charge in [-0.05, 0) is 28.8 Å². The Kier molecular flexibility index (Phi) is 7.39. The number of rotatable bonds is 11. The van der Waals surface area contributed by atoms with Crippen molar-refractivity contribution >= 4 is 0 Å². The van der Waals surface area contributed by atoms with E-state index in [1.165, 1.54) is 0 Å². The van der Waals surface area contributed by atoms with Gasteiger partial charge in [-0.25, -0.2) is 9.67 Å².